The van der Waals surface area contributed by atoms with Gasteiger partial charge in [0.05, 0.1) is 0 Å². The molecule has 0 radical (unpaired) electrons. The second-order valence-corrected chi connectivity index (χ2v) is 1.28. The second kappa shape index (κ2) is 2.96. The second-order valence-electron chi connectivity index (χ2n) is 1.28. The number of hydrogen-bond acceptors (Lipinski definition) is 3. The number of hydrogen-bond donors (Lipinski definition) is 0. The van der Waals surface area contributed by atoms with Gasteiger partial charge in [-0.25, -0.2) is 14.4 Å². The van der Waals surface area contributed by atoms with Crippen LogP contribution in [0.3, 0.4) is 0 Å². The molecular weight excluding hydrogens is 123 g/mol. The van der Waals surface area contributed by atoms with Gasteiger partial charge >= 0.3 is 6.01 Å². The Hall–Kier alpha value is -1.19. The molecule has 0 aromatic carbocycles. The van der Waals surface area contributed by atoms with Crippen molar-refractivity contribution in [2.24, 2.45) is 0 Å². The van der Waals surface area contributed by atoms with Crippen molar-refractivity contribution in [3.05, 3.63) is 18.5 Å². The van der Waals surface area contributed by atoms with E-state index in [0.717, 1.165) is 0 Å². The van der Waals surface area contributed by atoms with Crippen LogP contribution in [0, 0.1) is 0 Å². The molecule has 9 heavy (non-hydrogen) atoms. The van der Waals surface area contributed by atoms with Crippen LogP contribution in [0.1, 0.15) is 0 Å². The zero-order chi connectivity index (χ0) is 6.53. The summed E-state index contributed by atoms with van der Waals surface area (Å²) in [6.07, 6.45) is 2.97. The van der Waals surface area contributed by atoms with Gasteiger partial charge in [-0.3, -0.25) is 0 Å². The third-order valence-electron chi connectivity index (χ3n) is 0.726. The SMILES string of the molecule is FCOc1ncccn1. The smallest absolute Gasteiger partial charge is 0.318 e. The van der Waals surface area contributed by atoms with E-state index in [1.54, 1.807) is 6.07 Å². The van der Waals surface area contributed by atoms with Gasteiger partial charge in [0, 0.05) is 12.4 Å². The minimum absolute atomic E-state index is 0.0694. The maximum absolute atomic E-state index is 11.4. The summed E-state index contributed by atoms with van der Waals surface area (Å²) in [4.78, 5) is 7.19. The Balaban J connectivity index is 2.61. The van der Waals surface area contributed by atoms with Crippen molar-refractivity contribution in [1.29, 1.82) is 0 Å². The molecule has 1 heterocycles. The Morgan fingerprint density at radius 2 is 2.11 bits per heavy atom. The van der Waals surface area contributed by atoms with E-state index in [2.05, 4.69) is 14.7 Å². The molecule has 0 aliphatic carbocycles. The van der Waals surface area contributed by atoms with E-state index >= 15 is 0 Å². The summed E-state index contributed by atoms with van der Waals surface area (Å²) < 4.78 is 15.7. The first-order valence-corrected chi connectivity index (χ1v) is 2.39. The van der Waals surface area contributed by atoms with Crippen molar-refractivity contribution in [2.45, 2.75) is 0 Å². The molecule has 1 aromatic heterocycles. The quantitative estimate of drug-likeness (QED) is 0.590. The lowest BCUT2D eigenvalue weighted by atomic mass is 10.7. The van der Waals surface area contributed by atoms with E-state index in [1.165, 1.54) is 12.4 Å². The number of ether oxygens (including phenoxy) is 1. The summed E-state index contributed by atoms with van der Waals surface area (Å²) in [6, 6.07) is 1.70. The van der Waals surface area contributed by atoms with Crippen LogP contribution >= 0.6 is 0 Å². The van der Waals surface area contributed by atoms with Crippen molar-refractivity contribution in [3.63, 3.8) is 0 Å². The van der Waals surface area contributed by atoms with Crippen LogP contribution in [0.4, 0.5) is 4.39 Å². The van der Waals surface area contributed by atoms with Crippen LogP contribution in [-0.4, -0.2) is 16.8 Å². The molecule has 3 nitrogen and oxygen atoms in total. The van der Waals surface area contributed by atoms with Crippen molar-refractivity contribution in [3.8, 4) is 6.01 Å². The fourth-order valence-corrected chi connectivity index (χ4v) is 0.409. The minimum Gasteiger partial charge on any atom is -0.431 e. The molecule has 0 unspecified atom stereocenters. The van der Waals surface area contributed by atoms with Gasteiger partial charge in [0.1, 0.15) is 0 Å². The first kappa shape index (κ1) is 5.94. The zero-order valence-electron chi connectivity index (χ0n) is 4.62. The molecule has 0 spiro atoms. The summed E-state index contributed by atoms with van der Waals surface area (Å²) in [5.74, 6) is 0. The van der Waals surface area contributed by atoms with Crippen LogP contribution in [0.25, 0.3) is 0 Å². The van der Waals surface area contributed by atoms with Gasteiger partial charge in [-0.1, -0.05) is 0 Å². The van der Waals surface area contributed by atoms with E-state index in [0.29, 0.717) is 0 Å². The van der Waals surface area contributed by atoms with Gasteiger partial charge in [-0.2, -0.15) is 0 Å². The van der Waals surface area contributed by atoms with E-state index in [9.17, 15) is 4.39 Å². The van der Waals surface area contributed by atoms with E-state index < -0.39 is 6.86 Å². The number of alkyl halides is 1. The summed E-state index contributed by atoms with van der Waals surface area (Å²) >= 11 is 0. The van der Waals surface area contributed by atoms with Crippen LogP contribution in [0.5, 0.6) is 6.01 Å². The average Bonchev–Trinajstić information content (AvgIpc) is 1.91. The molecule has 0 aliphatic heterocycles. The molecule has 48 valence electrons. The molecule has 0 N–H and O–H groups in total. The standard InChI is InChI=1S/C5H5FN2O/c6-4-9-5-7-2-1-3-8-5/h1-3H,4H2. The lowest BCUT2D eigenvalue weighted by molar-refractivity contribution is 0.177. The number of halogens is 1. The lowest BCUT2D eigenvalue weighted by Gasteiger charge is -1.93. The van der Waals surface area contributed by atoms with Gasteiger partial charge in [0.15, 0.2) is 0 Å². The molecule has 0 saturated heterocycles. The predicted octanol–water partition coefficient (Wildman–Crippen LogP) is 0.782. The summed E-state index contributed by atoms with van der Waals surface area (Å²) in [7, 11) is 0. The highest BCUT2D eigenvalue weighted by Crippen LogP contribution is 1.95. The highest BCUT2D eigenvalue weighted by Gasteiger charge is 1.89. The third-order valence-corrected chi connectivity index (χ3v) is 0.726. The largest absolute Gasteiger partial charge is 0.431 e. The Labute approximate surface area is 51.5 Å². The van der Waals surface area contributed by atoms with Crippen LogP contribution in [-0.2, 0) is 0 Å². The summed E-state index contributed by atoms with van der Waals surface area (Å²) in [5, 5.41) is 0. The Morgan fingerprint density at radius 3 is 2.67 bits per heavy atom. The molecule has 1 aromatic rings. The van der Waals surface area contributed by atoms with Gasteiger partial charge in [0.25, 0.3) is 0 Å². The third kappa shape index (κ3) is 1.64. The summed E-state index contributed by atoms with van der Waals surface area (Å²) in [5.41, 5.74) is 0. The maximum Gasteiger partial charge on any atom is 0.318 e. The van der Waals surface area contributed by atoms with Gasteiger partial charge < -0.3 is 4.74 Å². The monoisotopic (exact) mass is 128 g/mol. The fraction of sp³-hybridized carbons (Fsp3) is 0.200. The number of rotatable bonds is 2. The van der Waals surface area contributed by atoms with Crippen LogP contribution in [0.15, 0.2) is 18.5 Å². The highest BCUT2D eigenvalue weighted by atomic mass is 19.1. The Morgan fingerprint density at radius 1 is 1.44 bits per heavy atom. The van der Waals surface area contributed by atoms with E-state index in [-0.39, 0.29) is 6.01 Å². The lowest BCUT2D eigenvalue weighted by Crippen LogP contribution is -1.94. The molecule has 1 rings (SSSR count). The van der Waals surface area contributed by atoms with E-state index in [1.807, 2.05) is 0 Å². The molecule has 0 fully saturated rings. The molecule has 0 amide bonds. The highest BCUT2D eigenvalue weighted by molar-refractivity contribution is 4.92. The van der Waals surface area contributed by atoms with Crippen molar-refractivity contribution >= 4 is 0 Å². The summed E-state index contributed by atoms with van der Waals surface area (Å²) in [6.45, 7) is -0.885. The van der Waals surface area contributed by atoms with Gasteiger partial charge in [0.2, 0.25) is 6.86 Å². The van der Waals surface area contributed by atoms with Gasteiger partial charge in [-0.05, 0) is 6.07 Å². The molecule has 0 atom stereocenters. The molecule has 0 aliphatic rings. The minimum atomic E-state index is -0.885. The molecule has 0 saturated carbocycles. The zero-order valence-corrected chi connectivity index (χ0v) is 4.62. The number of aromatic nitrogens is 2. The molecule has 4 heteroatoms. The van der Waals surface area contributed by atoms with Crippen molar-refractivity contribution in [1.82, 2.24) is 9.97 Å². The van der Waals surface area contributed by atoms with Crippen LogP contribution in [0.2, 0.25) is 0 Å². The van der Waals surface area contributed by atoms with Gasteiger partial charge in [-0.15, -0.1) is 0 Å². The Bertz CT molecular complexity index is 168. The first-order chi connectivity index (χ1) is 4.43. The normalized spacial score (nSPS) is 9.00. The topological polar surface area (TPSA) is 35.0 Å². The molecular formula is C5H5FN2O. The maximum atomic E-state index is 11.4. The fourth-order valence-electron chi connectivity index (χ4n) is 0.409. The Kier molecular flexibility index (Phi) is 1.95. The molecule has 0 bridgehead atoms. The van der Waals surface area contributed by atoms with Crippen molar-refractivity contribution < 1.29 is 9.13 Å². The first-order valence-electron chi connectivity index (χ1n) is 2.39. The van der Waals surface area contributed by atoms with Crippen molar-refractivity contribution in [2.75, 3.05) is 6.86 Å². The predicted molar refractivity (Wildman–Crippen MR) is 28.6 cm³/mol. The van der Waals surface area contributed by atoms with Crippen LogP contribution < -0.4 is 4.74 Å². The number of nitrogens with zero attached hydrogens (tertiary/aromatic N) is 2. The average molecular weight is 128 g/mol. The van der Waals surface area contributed by atoms with E-state index in [4.69, 9.17) is 0 Å².